The Hall–Kier alpha value is -1.58. The van der Waals surface area contributed by atoms with Gasteiger partial charge >= 0.3 is 0 Å². The van der Waals surface area contributed by atoms with Crippen molar-refractivity contribution in [3.8, 4) is 0 Å². The van der Waals surface area contributed by atoms with Crippen molar-refractivity contribution >= 4 is 34.5 Å². The number of hydrogen-bond donors (Lipinski definition) is 2. The maximum Gasteiger partial charge on any atom is 0.104 e. The molecule has 3 N–H and O–H groups in total. The lowest BCUT2D eigenvalue weighted by molar-refractivity contribution is 0.884. The van der Waals surface area contributed by atoms with Crippen LogP contribution in [0.15, 0.2) is 42.5 Å². The molecule has 0 bridgehead atoms. The molecule has 2 nitrogen and oxygen atoms in total. The van der Waals surface area contributed by atoms with Gasteiger partial charge in [0, 0.05) is 22.3 Å². The van der Waals surface area contributed by atoms with E-state index in [4.69, 9.17) is 29.6 Å². The minimum atomic E-state index is 0.170. The van der Waals surface area contributed by atoms with Crippen molar-refractivity contribution in [1.29, 1.82) is 0 Å². The maximum atomic E-state index is 6.02. The highest BCUT2D eigenvalue weighted by Crippen LogP contribution is 2.23. The van der Waals surface area contributed by atoms with Crippen molar-refractivity contribution in [2.45, 2.75) is 19.9 Å². The lowest BCUT2D eigenvalue weighted by Gasteiger charge is -2.17. The summed E-state index contributed by atoms with van der Waals surface area (Å²) in [5.74, 6) is 0. The molecule has 20 heavy (non-hydrogen) atoms. The average molecular weight is 305 g/mol. The van der Waals surface area contributed by atoms with Gasteiger partial charge in [0.25, 0.3) is 0 Å². The molecule has 0 aliphatic carbocycles. The predicted molar refractivity (Wildman–Crippen MR) is 90.6 cm³/mol. The molecule has 0 heterocycles. The van der Waals surface area contributed by atoms with E-state index in [1.807, 2.05) is 37.3 Å². The van der Waals surface area contributed by atoms with Crippen molar-refractivity contribution in [2.24, 2.45) is 5.73 Å². The zero-order valence-electron chi connectivity index (χ0n) is 11.5. The highest BCUT2D eigenvalue weighted by molar-refractivity contribution is 7.80. The number of aryl methyl sites for hydroxylation is 1. The topological polar surface area (TPSA) is 38.0 Å². The molecule has 104 valence electrons. The summed E-state index contributed by atoms with van der Waals surface area (Å²) < 4.78 is 0. The minimum absolute atomic E-state index is 0.170. The van der Waals surface area contributed by atoms with E-state index in [0.717, 1.165) is 27.4 Å². The number of nitrogens with one attached hydrogen (secondary N) is 1. The Balaban J connectivity index is 2.18. The standard InChI is InChI=1S/C16H17ClN2S/c1-10-8-14(6-7-15(10)16(18)20)19-11(2)12-4-3-5-13(17)9-12/h3-9,11,19H,1-2H3,(H2,18,20). The number of hydrogen-bond acceptors (Lipinski definition) is 2. The average Bonchev–Trinajstić information content (AvgIpc) is 2.38. The fraction of sp³-hybridized carbons (Fsp3) is 0.188. The zero-order valence-corrected chi connectivity index (χ0v) is 13.1. The van der Waals surface area contributed by atoms with Gasteiger partial charge in [-0.05, 0) is 55.3 Å². The number of anilines is 1. The van der Waals surface area contributed by atoms with Gasteiger partial charge in [-0.1, -0.05) is 36.0 Å². The summed E-state index contributed by atoms with van der Waals surface area (Å²) in [4.78, 5) is 0.428. The van der Waals surface area contributed by atoms with E-state index in [-0.39, 0.29) is 6.04 Å². The van der Waals surface area contributed by atoms with E-state index in [1.54, 1.807) is 0 Å². The third kappa shape index (κ3) is 3.50. The van der Waals surface area contributed by atoms with Gasteiger partial charge in [-0.3, -0.25) is 0 Å². The summed E-state index contributed by atoms with van der Waals surface area (Å²) in [5.41, 5.74) is 9.84. The van der Waals surface area contributed by atoms with Crippen molar-refractivity contribution in [3.05, 3.63) is 64.2 Å². The minimum Gasteiger partial charge on any atom is -0.389 e. The zero-order chi connectivity index (χ0) is 14.7. The first kappa shape index (κ1) is 14.8. The van der Waals surface area contributed by atoms with E-state index in [0.29, 0.717) is 4.99 Å². The smallest absolute Gasteiger partial charge is 0.104 e. The second-order valence-corrected chi connectivity index (χ2v) is 5.69. The first-order valence-corrected chi connectivity index (χ1v) is 7.18. The molecule has 0 aliphatic rings. The van der Waals surface area contributed by atoms with Crippen molar-refractivity contribution in [3.63, 3.8) is 0 Å². The first-order chi connectivity index (χ1) is 9.47. The first-order valence-electron chi connectivity index (χ1n) is 6.40. The SMILES string of the molecule is Cc1cc(NC(C)c2cccc(Cl)c2)ccc1C(N)=S. The number of nitrogens with two attached hydrogens (primary N) is 1. The fourth-order valence-electron chi connectivity index (χ4n) is 2.14. The summed E-state index contributed by atoms with van der Waals surface area (Å²) >= 11 is 11.0. The van der Waals surface area contributed by atoms with Crippen LogP contribution < -0.4 is 11.1 Å². The van der Waals surface area contributed by atoms with E-state index < -0.39 is 0 Å². The van der Waals surface area contributed by atoms with Gasteiger partial charge in [-0.2, -0.15) is 0 Å². The monoisotopic (exact) mass is 304 g/mol. The molecule has 2 aromatic rings. The second kappa shape index (κ2) is 6.25. The van der Waals surface area contributed by atoms with Gasteiger partial charge in [0.1, 0.15) is 4.99 Å². The molecule has 2 aromatic carbocycles. The molecule has 0 aromatic heterocycles. The largest absolute Gasteiger partial charge is 0.389 e. The molecule has 0 amide bonds. The van der Waals surface area contributed by atoms with Gasteiger partial charge in [0.05, 0.1) is 0 Å². The van der Waals surface area contributed by atoms with Crippen LogP contribution >= 0.6 is 23.8 Å². The van der Waals surface area contributed by atoms with Crippen molar-refractivity contribution in [2.75, 3.05) is 5.32 Å². The summed E-state index contributed by atoms with van der Waals surface area (Å²) in [7, 11) is 0. The van der Waals surface area contributed by atoms with Gasteiger partial charge in [0.15, 0.2) is 0 Å². The van der Waals surface area contributed by atoms with E-state index >= 15 is 0 Å². The Bertz CT molecular complexity index is 640. The molecule has 1 atom stereocenters. The maximum absolute atomic E-state index is 6.02. The number of halogens is 1. The summed E-state index contributed by atoms with van der Waals surface area (Å²) in [5, 5.41) is 4.20. The molecule has 1 unspecified atom stereocenters. The Morgan fingerprint density at radius 2 is 2.00 bits per heavy atom. The lowest BCUT2D eigenvalue weighted by Crippen LogP contribution is -2.12. The highest BCUT2D eigenvalue weighted by Gasteiger charge is 2.07. The summed E-state index contributed by atoms with van der Waals surface area (Å²) in [6.07, 6.45) is 0. The summed E-state index contributed by atoms with van der Waals surface area (Å²) in [6, 6.07) is 14.0. The Morgan fingerprint density at radius 3 is 2.60 bits per heavy atom. The van der Waals surface area contributed by atoms with E-state index in [9.17, 15) is 0 Å². The van der Waals surface area contributed by atoms with Crippen LogP contribution in [0.4, 0.5) is 5.69 Å². The van der Waals surface area contributed by atoms with Crippen LogP contribution in [-0.2, 0) is 0 Å². The molecule has 4 heteroatoms. The lowest BCUT2D eigenvalue weighted by atomic mass is 10.1. The third-order valence-electron chi connectivity index (χ3n) is 3.22. The van der Waals surface area contributed by atoms with Crippen LogP contribution in [0.5, 0.6) is 0 Å². The molecule has 2 rings (SSSR count). The predicted octanol–water partition coefficient (Wildman–Crippen LogP) is 4.46. The molecule has 0 saturated heterocycles. The normalized spacial score (nSPS) is 11.9. The van der Waals surface area contributed by atoms with Crippen LogP contribution in [0.25, 0.3) is 0 Å². The Kier molecular flexibility index (Phi) is 4.63. The molecule has 0 spiro atoms. The number of thiocarbonyl (C=S) groups is 1. The molecule has 0 fully saturated rings. The fourth-order valence-corrected chi connectivity index (χ4v) is 2.57. The summed E-state index contributed by atoms with van der Waals surface area (Å²) in [6.45, 7) is 4.10. The molecular formula is C16H17ClN2S. The van der Waals surface area contributed by atoms with Gasteiger partial charge in [-0.25, -0.2) is 0 Å². The van der Waals surface area contributed by atoms with Crippen LogP contribution in [0.3, 0.4) is 0 Å². The van der Waals surface area contributed by atoms with Crippen LogP contribution in [-0.4, -0.2) is 4.99 Å². The van der Waals surface area contributed by atoms with Gasteiger partial charge in [0.2, 0.25) is 0 Å². The Morgan fingerprint density at radius 1 is 1.25 bits per heavy atom. The number of rotatable bonds is 4. The van der Waals surface area contributed by atoms with E-state index in [1.165, 1.54) is 0 Å². The third-order valence-corrected chi connectivity index (χ3v) is 3.68. The van der Waals surface area contributed by atoms with Crippen molar-refractivity contribution in [1.82, 2.24) is 0 Å². The van der Waals surface area contributed by atoms with E-state index in [2.05, 4.69) is 24.4 Å². The van der Waals surface area contributed by atoms with Crippen molar-refractivity contribution < 1.29 is 0 Å². The quantitative estimate of drug-likeness (QED) is 0.819. The number of benzene rings is 2. The highest BCUT2D eigenvalue weighted by atomic mass is 35.5. The molecule has 0 saturated carbocycles. The van der Waals surface area contributed by atoms with Gasteiger partial charge in [-0.15, -0.1) is 0 Å². The van der Waals surface area contributed by atoms with Crippen LogP contribution in [0.2, 0.25) is 5.02 Å². The second-order valence-electron chi connectivity index (χ2n) is 4.81. The molecular weight excluding hydrogens is 288 g/mol. The Labute approximate surface area is 130 Å². The van der Waals surface area contributed by atoms with Crippen LogP contribution in [0.1, 0.15) is 29.7 Å². The van der Waals surface area contributed by atoms with Crippen LogP contribution in [0, 0.1) is 6.92 Å². The van der Waals surface area contributed by atoms with Gasteiger partial charge < -0.3 is 11.1 Å². The molecule has 0 aliphatic heterocycles. The molecule has 0 radical (unpaired) electrons.